The van der Waals surface area contributed by atoms with Crippen molar-refractivity contribution in [3.05, 3.63) is 29.3 Å². The van der Waals surface area contributed by atoms with Crippen LogP contribution in [-0.2, 0) is 11.3 Å². The highest BCUT2D eigenvalue weighted by molar-refractivity contribution is 5.68. The molecule has 1 aromatic carbocycles. The molecule has 3 rings (SSSR count). The van der Waals surface area contributed by atoms with E-state index < -0.39 is 11.2 Å². The molecule has 0 aromatic heterocycles. The molecule has 0 spiro atoms. The van der Waals surface area contributed by atoms with Crippen molar-refractivity contribution >= 4 is 6.09 Å². The number of hydrogen-bond donors (Lipinski definition) is 1. The van der Waals surface area contributed by atoms with Gasteiger partial charge >= 0.3 is 6.09 Å². The van der Waals surface area contributed by atoms with Crippen molar-refractivity contribution in [2.45, 2.75) is 57.3 Å². The number of likely N-dealkylation sites (tertiary alicyclic amines) is 1. The predicted octanol–water partition coefficient (Wildman–Crippen LogP) is 2.99. The first-order valence-electron chi connectivity index (χ1n) is 9.67. The van der Waals surface area contributed by atoms with E-state index in [0.29, 0.717) is 25.9 Å². The summed E-state index contributed by atoms with van der Waals surface area (Å²) in [7, 11) is 3.75. The van der Waals surface area contributed by atoms with Gasteiger partial charge in [-0.1, -0.05) is 6.07 Å². The second-order valence-corrected chi connectivity index (χ2v) is 8.89. The van der Waals surface area contributed by atoms with Crippen molar-refractivity contribution in [3.8, 4) is 5.75 Å². The first kappa shape index (κ1) is 20.0. The van der Waals surface area contributed by atoms with E-state index in [1.54, 1.807) is 12.0 Å². The second kappa shape index (κ2) is 7.32. The Kier molecular flexibility index (Phi) is 5.41. The van der Waals surface area contributed by atoms with Gasteiger partial charge < -0.3 is 24.4 Å². The van der Waals surface area contributed by atoms with Gasteiger partial charge in [-0.15, -0.1) is 0 Å². The Bertz CT molecular complexity index is 690. The molecule has 0 radical (unpaired) electrons. The van der Waals surface area contributed by atoms with Gasteiger partial charge in [0.25, 0.3) is 0 Å². The van der Waals surface area contributed by atoms with E-state index in [-0.39, 0.29) is 12.0 Å². The smallest absolute Gasteiger partial charge is 0.410 e. The molecule has 2 heterocycles. The SMILES string of the molecule is COc1ccc2c(c1)CN(C)CC2C1(O)CCN(C(=O)OC(C)(C)C)CC1. The average Bonchev–Trinajstić information content (AvgIpc) is 2.59. The molecule has 150 valence electrons. The van der Waals surface area contributed by atoms with Crippen LogP contribution in [0.2, 0.25) is 0 Å². The van der Waals surface area contributed by atoms with E-state index in [9.17, 15) is 9.90 Å². The van der Waals surface area contributed by atoms with Crippen LogP contribution in [0, 0.1) is 0 Å². The Balaban J connectivity index is 1.75. The molecule has 0 bridgehead atoms. The number of methoxy groups -OCH3 is 1. The molecular weight excluding hydrogens is 344 g/mol. The van der Waals surface area contributed by atoms with Crippen LogP contribution in [-0.4, -0.2) is 66.0 Å². The highest BCUT2D eigenvalue weighted by atomic mass is 16.6. The van der Waals surface area contributed by atoms with Gasteiger partial charge in [-0.25, -0.2) is 4.79 Å². The molecule has 2 aliphatic heterocycles. The van der Waals surface area contributed by atoms with Gasteiger partial charge in [0.1, 0.15) is 11.4 Å². The summed E-state index contributed by atoms with van der Waals surface area (Å²) in [4.78, 5) is 16.3. The minimum Gasteiger partial charge on any atom is -0.497 e. The van der Waals surface area contributed by atoms with E-state index >= 15 is 0 Å². The molecular formula is C21H32N2O4. The fourth-order valence-electron chi connectivity index (χ4n) is 4.16. The number of nitrogens with zero attached hydrogens (tertiary/aromatic N) is 2. The van der Waals surface area contributed by atoms with Crippen molar-refractivity contribution in [2.75, 3.05) is 33.8 Å². The molecule has 1 saturated heterocycles. The zero-order valence-corrected chi connectivity index (χ0v) is 17.1. The third-order valence-corrected chi connectivity index (χ3v) is 5.59. The van der Waals surface area contributed by atoms with Crippen LogP contribution in [0.1, 0.15) is 50.7 Å². The van der Waals surface area contributed by atoms with Gasteiger partial charge in [0.05, 0.1) is 12.7 Å². The van der Waals surface area contributed by atoms with Gasteiger partial charge in [0.15, 0.2) is 0 Å². The lowest BCUT2D eigenvalue weighted by Gasteiger charge is -2.46. The lowest BCUT2D eigenvalue weighted by atomic mass is 9.73. The average molecular weight is 376 g/mol. The van der Waals surface area contributed by atoms with Crippen molar-refractivity contribution in [1.82, 2.24) is 9.80 Å². The molecule has 0 saturated carbocycles. The fourth-order valence-corrected chi connectivity index (χ4v) is 4.16. The first-order valence-corrected chi connectivity index (χ1v) is 9.67. The second-order valence-electron chi connectivity index (χ2n) is 8.89. The van der Waals surface area contributed by atoms with E-state index in [0.717, 1.165) is 18.8 Å². The molecule has 1 aromatic rings. The lowest BCUT2D eigenvalue weighted by Crippen LogP contribution is -2.53. The summed E-state index contributed by atoms with van der Waals surface area (Å²) in [6.07, 6.45) is 0.808. The van der Waals surface area contributed by atoms with Gasteiger partial charge in [0, 0.05) is 32.1 Å². The summed E-state index contributed by atoms with van der Waals surface area (Å²) in [6, 6.07) is 6.12. The largest absolute Gasteiger partial charge is 0.497 e. The number of aliphatic hydroxyl groups is 1. The zero-order valence-electron chi connectivity index (χ0n) is 17.1. The summed E-state index contributed by atoms with van der Waals surface area (Å²) in [5.41, 5.74) is 1.07. The summed E-state index contributed by atoms with van der Waals surface area (Å²) >= 11 is 0. The molecule has 2 aliphatic rings. The third-order valence-electron chi connectivity index (χ3n) is 5.59. The van der Waals surface area contributed by atoms with Gasteiger partial charge in [-0.3, -0.25) is 0 Å². The number of likely N-dealkylation sites (N-methyl/N-ethyl adjacent to an activating group) is 1. The van der Waals surface area contributed by atoms with Crippen LogP contribution < -0.4 is 4.74 Å². The summed E-state index contributed by atoms with van der Waals surface area (Å²) < 4.78 is 10.8. The van der Waals surface area contributed by atoms with Crippen LogP contribution in [0.4, 0.5) is 4.79 Å². The predicted molar refractivity (Wildman–Crippen MR) is 104 cm³/mol. The Hall–Kier alpha value is -1.79. The number of benzene rings is 1. The minimum absolute atomic E-state index is 0.0259. The fraction of sp³-hybridized carbons (Fsp3) is 0.667. The van der Waals surface area contributed by atoms with E-state index in [4.69, 9.17) is 9.47 Å². The maximum atomic E-state index is 12.3. The van der Waals surface area contributed by atoms with Gasteiger partial charge in [-0.2, -0.15) is 0 Å². The first-order chi connectivity index (χ1) is 12.6. The molecule has 6 nitrogen and oxygen atoms in total. The number of fused-ring (bicyclic) bond motifs is 1. The number of piperidine rings is 1. The van der Waals surface area contributed by atoms with Crippen LogP contribution >= 0.6 is 0 Å². The molecule has 6 heteroatoms. The molecule has 1 amide bonds. The number of hydrogen-bond acceptors (Lipinski definition) is 5. The van der Waals surface area contributed by atoms with E-state index in [2.05, 4.69) is 24.1 Å². The Morgan fingerprint density at radius 2 is 1.93 bits per heavy atom. The summed E-state index contributed by atoms with van der Waals surface area (Å²) in [5.74, 6) is 0.868. The third kappa shape index (κ3) is 4.38. The maximum absolute atomic E-state index is 12.3. The molecule has 1 N–H and O–H groups in total. The maximum Gasteiger partial charge on any atom is 0.410 e. The van der Waals surface area contributed by atoms with Gasteiger partial charge in [-0.05, 0) is 63.9 Å². The monoisotopic (exact) mass is 376 g/mol. The zero-order chi connectivity index (χ0) is 19.8. The highest BCUT2D eigenvalue weighted by Gasteiger charge is 2.44. The molecule has 1 unspecified atom stereocenters. The molecule has 1 fully saturated rings. The quantitative estimate of drug-likeness (QED) is 0.860. The Labute approximate surface area is 162 Å². The van der Waals surface area contributed by atoms with Crippen molar-refractivity contribution in [1.29, 1.82) is 0 Å². The summed E-state index contributed by atoms with van der Waals surface area (Å²) in [6.45, 7) is 8.29. The topological polar surface area (TPSA) is 62.2 Å². The van der Waals surface area contributed by atoms with Crippen LogP contribution in [0.3, 0.4) is 0 Å². The van der Waals surface area contributed by atoms with Gasteiger partial charge in [0.2, 0.25) is 0 Å². The number of carbonyl (C=O) groups excluding carboxylic acids is 1. The lowest BCUT2D eigenvalue weighted by molar-refractivity contribution is -0.0562. The van der Waals surface area contributed by atoms with Crippen molar-refractivity contribution in [2.24, 2.45) is 0 Å². The standard InChI is InChI=1S/C21H32N2O4/c1-20(2,3)27-19(24)23-10-8-21(25,9-11-23)18-14-22(4)13-15-12-16(26-5)6-7-17(15)18/h6-7,12,18,25H,8-11,13-14H2,1-5H3. The van der Waals surface area contributed by atoms with Crippen molar-refractivity contribution < 1.29 is 19.4 Å². The number of rotatable bonds is 2. The normalized spacial score (nSPS) is 22.9. The van der Waals surface area contributed by atoms with Crippen LogP contribution in [0.15, 0.2) is 18.2 Å². The molecule has 1 atom stereocenters. The number of amides is 1. The van der Waals surface area contributed by atoms with Crippen molar-refractivity contribution in [3.63, 3.8) is 0 Å². The Morgan fingerprint density at radius 1 is 1.26 bits per heavy atom. The van der Waals surface area contributed by atoms with Crippen LogP contribution in [0.5, 0.6) is 5.75 Å². The van der Waals surface area contributed by atoms with Crippen LogP contribution in [0.25, 0.3) is 0 Å². The van der Waals surface area contributed by atoms with E-state index in [1.807, 2.05) is 26.8 Å². The number of carbonyl (C=O) groups is 1. The molecule has 27 heavy (non-hydrogen) atoms. The number of ether oxygens (including phenoxy) is 2. The highest BCUT2D eigenvalue weighted by Crippen LogP contribution is 2.42. The molecule has 0 aliphatic carbocycles. The minimum atomic E-state index is -0.823. The Morgan fingerprint density at radius 3 is 2.52 bits per heavy atom. The summed E-state index contributed by atoms with van der Waals surface area (Å²) in [5, 5.41) is 11.5. The van der Waals surface area contributed by atoms with E-state index in [1.165, 1.54) is 11.1 Å².